The van der Waals surface area contributed by atoms with Gasteiger partial charge in [0.25, 0.3) is 0 Å². The molecule has 49 heavy (non-hydrogen) atoms. The summed E-state index contributed by atoms with van der Waals surface area (Å²) < 4.78 is 15.0. The molecule has 7 heteroatoms. The molecule has 0 aliphatic heterocycles. The Labute approximate surface area is 284 Å². The first-order valence-electron chi connectivity index (χ1n) is 16.4. The summed E-state index contributed by atoms with van der Waals surface area (Å²) >= 11 is 0. The largest absolute Gasteiger partial charge is 0.457 e. The van der Waals surface area contributed by atoms with Crippen LogP contribution in [0.2, 0.25) is 0 Å². The van der Waals surface area contributed by atoms with Gasteiger partial charge in [0, 0.05) is 58.8 Å². The van der Waals surface area contributed by atoms with Crippen molar-refractivity contribution in [2.75, 3.05) is 0 Å². The van der Waals surface area contributed by atoms with E-state index in [1.165, 1.54) is 0 Å². The quantitative estimate of drug-likeness (QED) is 0.156. The van der Waals surface area contributed by atoms with E-state index in [4.69, 9.17) is 19.4 Å². The lowest BCUT2D eigenvalue weighted by molar-refractivity contribution is 0.483. The number of ether oxygens (including phenoxy) is 2. The van der Waals surface area contributed by atoms with Crippen molar-refractivity contribution in [1.29, 1.82) is 0 Å². The fourth-order valence-electron chi connectivity index (χ4n) is 6.14. The number of fused-ring (bicyclic) bond motifs is 3. The highest BCUT2D eigenvalue weighted by molar-refractivity contribution is 6.09. The molecule has 0 aliphatic carbocycles. The number of pyridine rings is 2. The molecule has 0 fully saturated rings. The Bertz CT molecular complexity index is 2250. The summed E-state index contributed by atoms with van der Waals surface area (Å²) in [6.07, 6.45) is 8.35. The second kappa shape index (κ2) is 13.0. The molecule has 0 N–H and O–H groups in total. The van der Waals surface area contributed by atoms with Gasteiger partial charge in [-0.25, -0.2) is 9.97 Å². The first kappa shape index (κ1) is 30.0. The van der Waals surface area contributed by atoms with Gasteiger partial charge in [-0.1, -0.05) is 50.2 Å². The molecule has 8 aromatic rings. The van der Waals surface area contributed by atoms with Crippen LogP contribution in [0, 0.1) is 5.92 Å². The average molecular weight is 640 g/mol. The zero-order valence-electron chi connectivity index (χ0n) is 27.2. The molecule has 0 spiro atoms. The predicted octanol–water partition coefficient (Wildman–Crippen LogP) is 10.5. The van der Waals surface area contributed by atoms with Crippen LogP contribution in [0.15, 0.2) is 146 Å². The van der Waals surface area contributed by atoms with E-state index in [0.29, 0.717) is 23.4 Å². The van der Waals surface area contributed by atoms with Gasteiger partial charge >= 0.3 is 0 Å². The van der Waals surface area contributed by atoms with Crippen LogP contribution in [-0.4, -0.2) is 24.5 Å². The van der Waals surface area contributed by atoms with Crippen LogP contribution in [0.4, 0.5) is 0 Å². The van der Waals surface area contributed by atoms with Gasteiger partial charge in [-0.05, 0) is 90.7 Å². The summed E-state index contributed by atoms with van der Waals surface area (Å²) in [5, 5.41) is 2.12. The summed E-state index contributed by atoms with van der Waals surface area (Å²) in [5.41, 5.74) is 6.72. The second-order valence-corrected chi connectivity index (χ2v) is 12.4. The molecule has 4 heterocycles. The maximum absolute atomic E-state index is 6.44. The molecule has 0 amide bonds. The SMILES string of the molecule is CC(C)Cc1cnc(-n2c3cc(Oc4cccc(-c5ccccn5)c4)ccc3c3ccc(Oc4cccc(-c5ccccn5)c4)cc32)nc1. The number of aromatic nitrogens is 5. The maximum Gasteiger partial charge on any atom is 0.234 e. The summed E-state index contributed by atoms with van der Waals surface area (Å²) in [4.78, 5) is 18.7. The zero-order valence-corrected chi connectivity index (χ0v) is 27.2. The van der Waals surface area contributed by atoms with Gasteiger partial charge in [-0.2, -0.15) is 0 Å². The fourth-order valence-corrected chi connectivity index (χ4v) is 6.14. The molecule has 0 saturated carbocycles. The predicted molar refractivity (Wildman–Crippen MR) is 194 cm³/mol. The standard InChI is InChI=1S/C42H33N5O2/c1-28(2)21-29-26-45-42(46-27-29)47-40-24-34(48-32-11-7-9-30(22-32)38-13-3-5-19-43-38)15-17-36(40)37-18-16-35(25-41(37)47)49-33-12-8-10-31(23-33)39-14-4-6-20-44-39/h3-20,22-28H,21H2,1-2H3. The molecular weight excluding hydrogens is 606 g/mol. The van der Waals surface area contributed by atoms with Crippen molar-refractivity contribution < 1.29 is 9.47 Å². The number of hydrogen-bond acceptors (Lipinski definition) is 6. The average Bonchev–Trinajstić information content (AvgIpc) is 3.45. The number of hydrogen-bond donors (Lipinski definition) is 0. The zero-order chi connectivity index (χ0) is 33.2. The van der Waals surface area contributed by atoms with Crippen molar-refractivity contribution in [3.63, 3.8) is 0 Å². The Kier molecular flexibility index (Phi) is 7.99. The molecule has 0 atom stereocenters. The molecule has 7 nitrogen and oxygen atoms in total. The van der Waals surface area contributed by atoms with Gasteiger partial charge in [-0.15, -0.1) is 0 Å². The summed E-state index contributed by atoms with van der Waals surface area (Å²) in [6, 6.07) is 40.0. The Balaban J connectivity index is 1.20. The van der Waals surface area contributed by atoms with E-state index >= 15 is 0 Å². The van der Waals surface area contributed by atoms with Gasteiger partial charge in [0.05, 0.1) is 22.4 Å². The first-order valence-corrected chi connectivity index (χ1v) is 16.4. The van der Waals surface area contributed by atoms with E-state index in [1.54, 1.807) is 12.4 Å². The Morgan fingerprint density at radius 2 is 1.04 bits per heavy atom. The van der Waals surface area contributed by atoms with Gasteiger partial charge in [0.2, 0.25) is 5.95 Å². The van der Waals surface area contributed by atoms with Crippen LogP contribution in [0.25, 0.3) is 50.3 Å². The molecule has 8 rings (SSSR count). The minimum Gasteiger partial charge on any atom is -0.457 e. The Hall–Kier alpha value is -6.34. The lowest BCUT2D eigenvalue weighted by atomic mass is 10.1. The highest BCUT2D eigenvalue weighted by Crippen LogP contribution is 2.38. The van der Waals surface area contributed by atoms with Crippen LogP contribution in [0.3, 0.4) is 0 Å². The van der Waals surface area contributed by atoms with Crippen LogP contribution >= 0.6 is 0 Å². The van der Waals surface area contributed by atoms with Crippen LogP contribution < -0.4 is 9.47 Å². The van der Waals surface area contributed by atoms with Crippen LogP contribution in [0.5, 0.6) is 23.0 Å². The minimum atomic E-state index is 0.509. The van der Waals surface area contributed by atoms with Crippen molar-refractivity contribution in [3.05, 3.63) is 152 Å². The molecule has 0 radical (unpaired) electrons. The smallest absolute Gasteiger partial charge is 0.234 e. The number of rotatable bonds is 9. The van der Waals surface area contributed by atoms with Gasteiger partial charge in [0.1, 0.15) is 23.0 Å². The minimum absolute atomic E-state index is 0.509. The molecule has 0 bridgehead atoms. The van der Waals surface area contributed by atoms with E-state index in [9.17, 15) is 0 Å². The molecule has 0 saturated heterocycles. The van der Waals surface area contributed by atoms with Crippen molar-refractivity contribution in [2.24, 2.45) is 5.92 Å². The molecule has 0 unspecified atom stereocenters. The molecular formula is C42H33N5O2. The Morgan fingerprint density at radius 1 is 0.531 bits per heavy atom. The lowest BCUT2D eigenvalue weighted by Gasteiger charge is -2.11. The van der Waals surface area contributed by atoms with Crippen molar-refractivity contribution in [2.45, 2.75) is 20.3 Å². The topological polar surface area (TPSA) is 75.0 Å². The molecule has 238 valence electrons. The van der Waals surface area contributed by atoms with E-state index < -0.39 is 0 Å². The van der Waals surface area contributed by atoms with E-state index in [-0.39, 0.29) is 0 Å². The highest BCUT2D eigenvalue weighted by Gasteiger charge is 2.17. The number of nitrogens with zero attached hydrogens (tertiary/aromatic N) is 5. The van der Waals surface area contributed by atoms with Crippen LogP contribution in [-0.2, 0) is 6.42 Å². The van der Waals surface area contributed by atoms with Gasteiger partial charge in [-0.3, -0.25) is 14.5 Å². The highest BCUT2D eigenvalue weighted by atomic mass is 16.5. The Morgan fingerprint density at radius 3 is 1.51 bits per heavy atom. The van der Waals surface area contributed by atoms with E-state index in [1.807, 2.05) is 122 Å². The van der Waals surface area contributed by atoms with Crippen molar-refractivity contribution >= 4 is 21.8 Å². The van der Waals surface area contributed by atoms with E-state index in [0.717, 1.165) is 67.8 Å². The lowest BCUT2D eigenvalue weighted by Crippen LogP contribution is -2.03. The summed E-state index contributed by atoms with van der Waals surface area (Å²) in [6.45, 7) is 4.39. The first-order chi connectivity index (χ1) is 24.1. The third kappa shape index (κ3) is 6.34. The summed E-state index contributed by atoms with van der Waals surface area (Å²) in [5.74, 6) is 3.94. The van der Waals surface area contributed by atoms with Gasteiger partial charge in [0.15, 0.2) is 0 Å². The summed E-state index contributed by atoms with van der Waals surface area (Å²) in [7, 11) is 0. The van der Waals surface area contributed by atoms with Crippen molar-refractivity contribution in [1.82, 2.24) is 24.5 Å². The van der Waals surface area contributed by atoms with Crippen LogP contribution in [0.1, 0.15) is 19.4 Å². The molecule has 4 aromatic heterocycles. The maximum atomic E-state index is 6.44. The second-order valence-electron chi connectivity index (χ2n) is 12.4. The molecule has 4 aromatic carbocycles. The van der Waals surface area contributed by atoms with E-state index in [2.05, 4.69) is 40.5 Å². The third-order valence-corrected chi connectivity index (χ3v) is 8.31. The monoisotopic (exact) mass is 639 g/mol. The normalized spacial score (nSPS) is 11.3. The van der Waals surface area contributed by atoms with Crippen molar-refractivity contribution in [3.8, 4) is 51.5 Å². The fraction of sp³-hybridized carbons (Fsp3) is 0.0952. The molecule has 0 aliphatic rings. The third-order valence-electron chi connectivity index (χ3n) is 8.31. The van der Waals surface area contributed by atoms with Gasteiger partial charge < -0.3 is 9.47 Å². The number of benzene rings is 4.